The number of nitrogens with zero attached hydrogens (tertiary/aromatic N) is 1. The summed E-state index contributed by atoms with van der Waals surface area (Å²) in [5.41, 5.74) is 0. The molecule has 2 fully saturated rings. The quantitative estimate of drug-likeness (QED) is 0.629. The van der Waals surface area contributed by atoms with E-state index in [1.54, 1.807) is 0 Å². The number of hydrogen-bond donors (Lipinski definition) is 2. The van der Waals surface area contributed by atoms with Crippen LogP contribution in [-0.2, 0) is 24.3 Å². The van der Waals surface area contributed by atoms with Gasteiger partial charge in [0.1, 0.15) is 6.04 Å². The molecule has 19 heavy (non-hydrogen) atoms. The number of hydrogen-bond acceptors (Lipinski definition) is 5. The average Bonchev–Trinajstić information content (AvgIpc) is 3.11. The lowest BCUT2D eigenvalue weighted by molar-refractivity contribution is -0.134. The summed E-state index contributed by atoms with van der Waals surface area (Å²) in [6.45, 7) is 0.113. The zero-order valence-corrected chi connectivity index (χ0v) is 11.1. The Hall–Kier alpha value is -1.19. The Labute approximate surface area is 110 Å². The van der Waals surface area contributed by atoms with E-state index in [1.807, 2.05) is 0 Å². The maximum Gasteiger partial charge on any atom is 0.320 e. The highest BCUT2D eigenvalue weighted by atomic mass is 32.2. The third kappa shape index (κ3) is 3.64. The maximum absolute atomic E-state index is 11.9. The minimum Gasteiger partial charge on any atom is -0.480 e. The number of morpholine rings is 1. The molecule has 1 atom stereocenters. The number of rotatable bonds is 5. The van der Waals surface area contributed by atoms with Crippen molar-refractivity contribution in [1.82, 2.24) is 9.62 Å². The normalized spacial score (nSPS) is 24.9. The van der Waals surface area contributed by atoms with Crippen molar-refractivity contribution < 1.29 is 27.9 Å². The highest BCUT2D eigenvalue weighted by Gasteiger charge is 2.39. The summed E-state index contributed by atoms with van der Waals surface area (Å²) in [6, 6.07) is -0.864. The van der Waals surface area contributed by atoms with Crippen LogP contribution >= 0.6 is 0 Å². The van der Waals surface area contributed by atoms with Crippen molar-refractivity contribution in [2.45, 2.75) is 24.9 Å². The molecule has 0 aromatic carbocycles. The van der Waals surface area contributed by atoms with Crippen LogP contribution in [0.4, 0.5) is 0 Å². The number of aliphatic carboxylic acids is 1. The Morgan fingerprint density at radius 3 is 2.63 bits per heavy atom. The van der Waals surface area contributed by atoms with E-state index in [0.29, 0.717) is 0 Å². The molecule has 0 aromatic heterocycles. The largest absolute Gasteiger partial charge is 0.480 e. The van der Waals surface area contributed by atoms with Crippen LogP contribution in [0.25, 0.3) is 0 Å². The molecule has 2 rings (SSSR count). The van der Waals surface area contributed by atoms with Crippen molar-refractivity contribution >= 4 is 21.9 Å². The van der Waals surface area contributed by atoms with Crippen molar-refractivity contribution in [2.24, 2.45) is 0 Å². The van der Waals surface area contributed by atoms with Gasteiger partial charge < -0.3 is 15.2 Å². The lowest BCUT2D eigenvalue weighted by Crippen LogP contribution is -2.57. The van der Waals surface area contributed by atoms with Crippen LogP contribution in [0.5, 0.6) is 0 Å². The van der Waals surface area contributed by atoms with Crippen LogP contribution in [0.2, 0.25) is 0 Å². The van der Waals surface area contributed by atoms with E-state index in [2.05, 4.69) is 5.32 Å². The van der Waals surface area contributed by atoms with E-state index >= 15 is 0 Å². The van der Waals surface area contributed by atoms with Crippen molar-refractivity contribution in [3.8, 4) is 0 Å². The molecule has 2 aliphatic rings. The van der Waals surface area contributed by atoms with Gasteiger partial charge in [-0.15, -0.1) is 0 Å². The average molecular weight is 292 g/mol. The molecule has 0 bridgehead atoms. The van der Waals surface area contributed by atoms with Crippen molar-refractivity contribution in [2.75, 3.05) is 25.5 Å². The molecule has 1 amide bonds. The summed E-state index contributed by atoms with van der Waals surface area (Å²) in [5, 5.41) is 11.3. The lowest BCUT2D eigenvalue weighted by Gasteiger charge is -2.33. The Kier molecular flexibility index (Phi) is 4.07. The minimum absolute atomic E-state index is 0.00162. The lowest BCUT2D eigenvalue weighted by atomic mass is 10.2. The molecule has 9 heteroatoms. The monoisotopic (exact) mass is 292 g/mol. The van der Waals surface area contributed by atoms with E-state index in [-0.39, 0.29) is 25.8 Å². The number of sulfonamides is 1. The first kappa shape index (κ1) is 14.2. The van der Waals surface area contributed by atoms with Crippen LogP contribution in [0.3, 0.4) is 0 Å². The van der Waals surface area contributed by atoms with Gasteiger partial charge in [-0.3, -0.25) is 9.59 Å². The summed E-state index contributed by atoms with van der Waals surface area (Å²) in [6.07, 6.45) is 1.78. The molecule has 0 radical (unpaired) electrons. The smallest absolute Gasteiger partial charge is 0.320 e. The third-order valence-corrected chi connectivity index (χ3v) is 4.73. The first-order valence-corrected chi connectivity index (χ1v) is 7.60. The van der Waals surface area contributed by atoms with Crippen molar-refractivity contribution in [3.63, 3.8) is 0 Å². The highest BCUT2D eigenvalue weighted by molar-refractivity contribution is 7.89. The molecule has 8 nitrogen and oxygen atoms in total. The SMILES string of the molecule is O=C(O)CS(=O)(=O)N1CCOCC1C(=O)NC1CC1. The van der Waals surface area contributed by atoms with Crippen LogP contribution in [0.15, 0.2) is 0 Å². The van der Waals surface area contributed by atoms with E-state index in [0.717, 1.165) is 17.1 Å². The van der Waals surface area contributed by atoms with Gasteiger partial charge in [0.25, 0.3) is 0 Å². The first-order chi connectivity index (χ1) is 8.90. The summed E-state index contributed by atoms with van der Waals surface area (Å²) >= 11 is 0. The van der Waals surface area contributed by atoms with Crippen molar-refractivity contribution in [3.05, 3.63) is 0 Å². The molecule has 1 saturated carbocycles. The fourth-order valence-electron chi connectivity index (χ4n) is 1.89. The van der Waals surface area contributed by atoms with Crippen molar-refractivity contribution in [1.29, 1.82) is 0 Å². The second kappa shape index (κ2) is 5.43. The molecule has 1 saturated heterocycles. The van der Waals surface area contributed by atoms with Gasteiger partial charge in [-0.2, -0.15) is 4.31 Å². The number of carbonyl (C=O) groups is 2. The van der Waals surface area contributed by atoms with Crippen LogP contribution in [-0.4, -0.2) is 67.3 Å². The number of carboxylic acid groups (broad SMARTS) is 1. The minimum atomic E-state index is -4.00. The first-order valence-electron chi connectivity index (χ1n) is 5.99. The Morgan fingerprint density at radius 1 is 1.37 bits per heavy atom. The van der Waals surface area contributed by atoms with Gasteiger partial charge in [0.2, 0.25) is 15.9 Å². The third-order valence-electron chi connectivity index (χ3n) is 2.97. The molecule has 1 aliphatic carbocycles. The van der Waals surface area contributed by atoms with E-state index in [1.165, 1.54) is 0 Å². The summed E-state index contributed by atoms with van der Waals surface area (Å²) < 4.78 is 29.9. The topological polar surface area (TPSA) is 113 Å². The van der Waals surface area contributed by atoms with Crippen LogP contribution < -0.4 is 5.32 Å². The number of ether oxygens (including phenoxy) is 1. The maximum atomic E-state index is 11.9. The molecule has 1 heterocycles. The van der Waals surface area contributed by atoms with Gasteiger partial charge in [0.05, 0.1) is 13.2 Å². The molecular weight excluding hydrogens is 276 g/mol. The van der Waals surface area contributed by atoms with E-state index < -0.39 is 33.7 Å². The summed E-state index contributed by atoms with van der Waals surface area (Å²) in [4.78, 5) is 22.5. The summed E-state index contributed by atoms with van der Waals surface area (Å²) in [7, 11) is -4.00. The van der Waals surface area contributed by atoms with Gasteiger partial charge in [0.15, 0.2) is 5.75 Å². The molecule has 2 N–H and O–H groups in total. The van der Waals surface area contributed by atoms with Crippen LogP contribution in [0.1, 0.15) is 12.8 Å². The van der Waals surface area contributed by atoms with Gasteiger partial charge in [0, 0.05) is 12.6 Å². The second-order valence-corrected chi connectivity index (χ2v) is 6.56. The standard InChI is InChI=1S/C10H16N2O6S/c13-9(14)6-19(16,17)12-3-4-18-5-8(12)10(15)11-7-1-2-7/h7-8H,1-6H2,(H,11,15)(H,13,14). The number of carbonyl (C=O) groups excluding carboxylic acids is 1. The molecule has 1 unspecified atom stereocenters. The summed E-state index contributed by atoms with van der Waals surface area (Å²) in [5.74, 6) is -2.87. The molecule has 0 spiro atoms. The molecule has 108 valence electrons. The second-order valence-electron chi connectivity index (χ2n) is 4.63. The van der Waals surface area contributed by atoms with E-state index in [4.69, 9.17) is 9.84 Å². The zero-order chi connectivity index (χ0) is 14.0. The predicted molar refractivity (Wildman–Crippen MR) is 63.9 cm³/mol. The van der Waals surface area contributed by atoms with E-state index in [9.17, 15) is 18.0 Å². The number of amides is 1. The fourth-order valence-corrected chi connectivity index (χ4v) is 3.27. The number of carboxylic acids is 1. The fraction of sp³-hybridized carbons (Fsp3) is 0.800. The predicted octanol–water partition coefficient (Wildman–Crippen LogP) is -1.62. The van der Waals surface area contributed by atoms with Gasteiger partial charge in [-0.05, 0) is 12.8 Å². The number of nitrogens with one attached hydrogen (secondary N) is 1. The molecule has 1 aliphatic heterocycles. The van der Waals surface area contributed by atoms with Gasteiger partial charge in [-0.1, -0.05) is 0 Å². The van der Waals surface area contributed by atoms with Gasteiger partial charge in [-0.25, -0.2) is 8.42 Å². The van der Waals surface area contributed by atoms with Crippen LogP contribution in [0, 0.1) is 0 Å². The Balaban J connectivity index is 2.10. The Bertz CT molecular complexity index is 472. The molecular formula is C10H16N2O6S. The highest BCUT2D eigenvalue weighted by Crippen LogP contribution is 2.20. The Morgan fingerprint density at radius 2 is 2.05 bits per heavy atom. The zero-order valence-electron chi connectivity index (χ0n) is 10.2. The molecule has 0 aromatic rings. The van der Waals surface area contributed by atoms with Gasteiger partial charge >= 0.3 is 5.97 Å².